The molecular weight excluding hydrogens is 418 g/mol. The molecule has 0 N–H and O–H groups in total. The number of benzene rings is 2. The zero-order valence-electron chi connectivity index (χ0n) is 16.2. The topological polar surface area (TPSA) is 79.4 Å². The number of halogens is 1. The summed E-state index contributed by atoms with van der Waals surface area (Å²) in [5.74, 6) is -0.364. The molecule has 1 heterocycles. The molecule has 0 saturated carbocycles. The van der Waals surface area contributed by atoms with Crippen molar-refractivity contribution in [1.82, 2.24) is 0 Å². The van der Waals surface area contributed by atoms with Gasteiger partial charge >= 0.3 is 5.97 Å². The Morgan fingerprint density at radius 1 is 1.24 bits per heavy atom. The fourth-order valence-corrected chi connectivity index (χ4v) is 3.89. The Kier molecular flexibility index (Phi) is 6.51. The van der Waals surface area contributed by atoms with Gasteiger partial charge in [0.25, 0.3) is 11.0 Å². The summed E-state index contributed by atoms with van der Waals surface area (Å²) >= 11 is 6.03. The molecule has 1 unspecified atom stereocenters. The average molecular weight is 440 g/mol. The first kappa shape index (κ1) is 21.2. The predicted molar refractivity (Wildman–Crippen MR) is 112 cm³/mol. The van der Waals surface area contributed by atoms with Crippen molar-refractivity contribution in [2.45, 2.75) is 25.9 Å². The van der Waals surface area contributed by atoms with Crippen LogP contribution in [0.4, 0.5) is 17.1 Å². The molecule has 1 atom stereocenters. The van der Waals surface area contributed by atoms with Crippen molar-refractivity contribution in [3.63, 3.8) is 0 Å². The van der Waals surface area contributed by atoms with Crippen LogP contribution < -0.4 is 15.1 Å². The number of hydroxylamine groups is 1. The number of carbonyl (C=O) groups excluding carboxylic acids is 1. The van der Waals surface area contributed by atoms with E-state index in [9.17, 15) is 13.2 Å². The van der Waals surface area contributed by atoms with Crippen LogP contribution in [-0.2, 0) is 31.3 Å². The van der Waals surface area contributed by atoms with Gasteiger partial charge in [-0.1, -0.05) is 24.6 Å². The number of carbonyl (C=O) groups is 1. The van der Waals surface area contributed by atoms with Crippen molar-refractivity contribution < 1.29 is 22.2 Å². The number of thiol groups is 1. The standard InChI is InChI=1S/C19H22ClN3O5S/c1-4-16(19(24)27-3)23-18-7-5-6-17(21(2)28-29(25)26)15(18)12-22(23)14-10-8-13(20)9-11-14/h5-11,16,29H,4,12H2,1-3H3. The van der Waals surface area contributed by atoms with E-state index >= 15 is 0 Å². The summed E-state index contributed by atoms with van der Waals surface area (Å²) in [6, 6.07) is 12.1. The summed E-state index contributed by atoms with van der Waals surface area (Å²) in [7, 11) is -0.178. The van der Waals surface area contributed by atoms with E-state index < -0.39 is 17.0 Å². The first-order chi connectivity index (χ1) is 13.9. The molecule has 2 aromatic rings. The summed E-state index contributed by atoms with van der Waals surface area (Å²) in [6.45, 7) is 2.31. The third-order valence-corrected chi connectivity index (χ3v) is 5.38. The van der Waals surface area contributed by atoms with Gasteiger partial charge in [0.2, 0.25) is 0 Å². The maximum atomic E-state index is 12.5. The van der Waals surface area contributed by atoms with Gasteiger partial charge in [0.15, 0.2) is 0 Å². The normalized spacial score (nSPS) is 14.1. The second-order valence-electron chi connectivity index (χ2n) is 6.40. The third kappa shape index (κ3) is 4.26. The number of anilines is 3. The van der Waals surface area contributed by atoms with Crippen LogP contribution in [0.25, 0.3) is 0 Å². The van der Waals surface area contributed by atoms with E-state index in [0.717, 1.165) is 16.9 Å². The molecule has 29 heavy (non-hydrogen) atoms. The molecule has 156 valence electrons. The van der Waals surface area contributed by atoms with Crippen LogP contribution in [0.2, 0.25) is 5.02 Å². The van der Waals surface area contributed by atoms with Gasteiger partial charge < -0.3 is 4.74 Å². The summed E-state index contributed by atoms with van der Waals surface area (Å²) < 4.78 is 31.9. The lowest BCUT2D eigenvalue weighted by molar-refractivity contribution is -0.142. The van der Waals surface area contributed by atoms with Gasteiger partial charge in [0, 0.05) is 17.6 Å². The molecule has 10 heteroatoms. The largest absolute Gasteiger partial charge is 0.467 e. The van der Waals surface area contributed by atoms with Crippen LogP contribution in [0, 0.1) is 0 Å². The molecule has 0 amide bonds. The number of hydrogen-bond acceptors (Lipinski definition) is 8. The Morgan fingerprint density at radius 3 is 2.52 bits per heavy atom. The Morgan fingerprint density at radius 2 is 1.93 bits per heavy atom. The monoisotopic (exact) mass is 439 g/mol. The first-order valence-electron chi connectivity index (χ1n) is 8.95. The van der Waals surface area contributed by atoms with Crippen LogP contribution >= 0.6 is 11.6 Å². The molecule has 0 spiro atoms. The quantitative estimate of drug-likeness (QED) is 0.401. The van der Waals surface area contributed by atoms with Gasteiger partial charge in [-0.2, -0.15) is 4.28 Å². The molecule has 0 radical (unpaired) electrons. The van der Waals surface area contributed by atoms with Crippen molar-refractivity contribution in [2.75, 3.05) is 29.2 Å². The zero-order chi connectivity index (χ0) is 21.1. The summed E-state index contributed by atoms with van der Waals surface area (Å²) in [5, 5.41) is 5.62. The maximum Gasteiger partial charge on any atom is 0.330 e. The van der Waals surface area contributed by atoms with Crippen LogP contribution in [-0.4, -0.2) is 34.6 Å². The highest BCUT2D eigenvalue weighted by Gasteiger charge is 2.38. The second kappa shape index (κ2) is 8.89. The minimum absolute atomic E-state index is 0.364. The fourth-order valence-electron chi connectivity index (χ4n) is 3.47. The number of hydrazine groups is 1. The van der Waals surface area contributed by atoms with Crippen molar-refractivity contribution >= 4 is 45.6 Å². The summed E-state index contributed by atoms with van der Waals surface area (Å²) in [5.41, 5.74) is 3.01. The molecule has 1 aliphatic rings. The van der Waals surface area contributed by atoms with Gasteiger partial charge in [-0.05, 0) is 42.8 Å². The van der Waals surface area contributed by atoms with Gasteiger partial charge in [-0.15, -0.1) is 0 Å². The van der Waals surface area contributed by atoms with E-state index in [0.29, 0.717) is 23.7 Å². The third-order valence-electron chi connectivity index (χ3n) is 4.75. The van der Waals surface area contributed by atoms with Gasteiger partial charge in [-0.25, -0.2) is 18.3 Å². The molecule has 3 rings (SSSR count). The smallest absolute Gasteiger partial charge is 0.330 e. The highest BCUT2D eigenvalue weighted by atomic mass is 35.5. The summed E-state index contributed by atoms with van der Waals surface area (Å²) in [6.07, 6.45) is 0.513. The van der Waals surface area contributed by atoms with Crippen LogP contribution in [0.5, 0.6) is 0 Å². The number of nitrogens with zero attached hydrogens (tertiary/aromatic N) is 3. The minimum atomic E-state index is -3.06. The molecular formula is C19H22ClN3O5S. The Labute approximate surface area is 176 Å². The highest BCUT2D eigenvalue weighted by molar-refractivity contribution is 7.67. The molecule has 0 aliphatic carbocycles. The second-order valence-corrected chi connectivity index (χ2v) is 7.45. The Balaban J connectivity index is 2.12. The Hall–Kier alpha value is -2.49. The van der Waals surface area contributed by atoms with E-state index in [2.05, 4.69) is 0 Å². The maximum absolute atomic E-state index is 12.5. The van der Waals surface area contributed by atoms with E-state index in [1.165, 1.54) is 19.2 Å². The number of rotatable bonds is 7. The van der Waals surface area contributed by atoms with Crippen molar-refractivity contribution in [1.29, 1.82) is 0 Å². The number of hydrogen-bond donors (Lipinski definition) is 1. The van der Waals surface area contributed by atoms with Crippen molar-refractivity contribution in [3.8, 4) is 0 Å². The predicted octanol–water partition coefficient (Wildman–Crippen LogP) is 2.93. The van der Waals surface area contributed by atoms with Crippen LogP contribution in [0.15, 0.2) is 42.5 Å². The SMILES string of the molecule is CCC(C(=O)OC)N1c2cccc(N(C)O[SH](=O)=O)c2CN1c1ccc(Cl)cc1. The molecule has 8 nitrogen and oxygen atoms in total. The van der Waals surface area contributed by atoms with Gasteiger partial charge in [0.1, 0.15) is 6.04 Å². The molecule has 0 aromatic heterocycles. The lowest BCUT2D eigenvalue weighted by Gasteiger charge is -2.36. The van der Waals surface area contributed by atoms with E-state index in [1.54, 1.807) is 24.3 Å². The van der Waals surface area contributed by atoms with Gasteiger partial charge in [-0.3, -0.25) is 10.0 Å². The minimum Gasteiger partial charge on any atom is -0.467 e. The lowest BCUT2D eigenvalue weighted by atomic mass is 10.1. The fraction of sp³-hybridized carbons (Fsp3) is 0.316. The highest BCUT2D eigenvalue weighted by Crippen LogP contribution is 2.42. The number of ether oxygens (including phenoxy) is 1. The number of fused-ring (bicyclic) bond motifs is 1. The average Bonchev–Trinajstić information content (AvgIpc) is 3.07. The van der Waals surface area contributed by atoms with Crippen LogP contribution in [0.3, 0.4) is 0 Å². The van der Waals surface area contributed by atoms with Crippen molar-refractivity contribution in [2.24, 2.45) is 0 Å². The van der Waals surface area contributed by atoms with Gasteiger partial charge in [0.05, 0.1) is 30.7 Å². The van der Waals surface area contributed by atoms with E-state index in [4.69, 9.17) is 20.6 Å². The van der Waals surface area contributed by atoms with Crippen molar-refractivity contribution in [3.05, 3.63) is 53.1 Å². The molecule has 1 aliphatic heterocycles. The molecule has 0 saturated heterocycles. The molecule has 2 aromatic carbocycles. The first-order valence-corrected chi connectivity index (χ1v) is 10.4. The Bertz CT molecular complexity index is 959. The zero-order valence-corrected chi connectivity index (χ0v) is 17.9. The van der Waals surface area contributed by atoms with E-state index in [-0.39, 0.29) is 5.97 Å². The number of methoxy groups -OCH3 is 1. The molecule has 0 bridgehead atoms. The lowest BCUT2D eigenvalue weighted by Crippen LogP contribution is -2.49. The number of esters is 1. The molecule has 0 fully saturated rings. The summed E-state index contributed by atoms with van der Waals surface area (Å²) in [4.78, 5) is 12.5. The van der Waals surface area contributed by atoms with Crippen LogP contribution in [0.1, 0.15) is 18.9 Å². The van der Waals surface area contributed by atoms with E-state index in [1.807, 2.05) is 35.1 Å².